The predicted octanol–water partition coefficient (Wildman–Crippen LogP) is 4.87. The molecule has 5 heteroatoms. The van der Waals surface area contributed by atoms with E-state index in [0.717, 1.165) is 23.1 Å². The van der Waals surface area contributed by atoms with Crippen LogP contribution in [0.4, 0.5) is 23.0 Å². The van der Waals surface area contributed by atoms with E-state index in [2.05, 4.69) is 49.8 Å². The monoisotopic (exact) mass is 351 g/mol. The predicted molar refractivity (Wildman–Crippen MR) is 108 cm³/mol. The van der Waals surface area contributed by atoms with Crippen molar-refractivity contribution in [1.82, 2.24) is 9.97 Å². The molecule has 0 atom stereocenters. The van der Waals surface area contributed by atoms with Crippen molar-refractivity contribution in [1.29, 1.82) is 0 Å². The largest absolute Gasteiger partial charge is 0.372 e. The number of hydrogen-bond donors (Lipinski definition) is 2. The molecule has 0 amide bonds. The van der Waals surface area contributed by atoms with Gasteiger partial charge >= 0.3 is 0 Å². The molecule has 2 heterocycles. The first-order valence-corrected chi connectivity index (χ1v) is 10.0. The van der Waals surface area contributed by atoms with Crippen molar-refractivity contribution in [2.24, 2.45) is 0 Å². The Morgan fingerprint density at radius 2 is 1.58 bits per heavy atom. The van der Waals surface area contributed by atoms with E-state index in [1.54, 1.807) is 0 Å². The Hall–Kier alpha value is -2.30. The van der Waals surface area contributed by atoms with Gasteiger partial charge in [-0.15, -0.1) is 0 Å². The molecule has 0 radical (unpaired) electrons. The van der Waals surface area contributed by atoms with Crippen LogP contribution in [0.2, 0.25) is 0 Å². The summed E-state index contributed by atoms with van der Waals surface area (Å²) < 4.78 is 0. The van der Waals surface area contributed by atoms with Crippen LogP contribution in [0, 0.1) is 6.92 Å². The van der Waals surface area contributed by atoms with Gasteiger partial charge in [-0.1, -0.05) is 12.8 Å². The summed E-state index contributed by atoms with van der Waals surface area (Å²) in [5, 5.41) is 6.99. The zero-order valence-electron chi connectivity index (χ0n) is 15.7. The highest BCUT2D eigenvalue weighted by Gasteiger charge is 2.16. The number of nitrogens with one attached hydrogen (secondary N) is 2. The molecule has 26 heavy (non-hydrogen) atoms. The van der Waals surface area contributed by atoms with Crippen LogP contribution in [0.25, 0.3) is 0 Å². The van der Waals surface area contributed by atoms with Gasteiger partial charge in [-0.05, 0) is 63.3 Å². The van der Waals surface area contributed by atoms with Crippen LogP contribution in [-0.4, -0.2) is 29.1 Å². The lowest BCUT2D eigenvalue weighted by Crippen LogP contribution is -2.29. The van der Waals surface area contributed by atoms with E-state index in [4.69, 9.17) is 0 Å². The standard InChI is InChI=1S/C21H29N5/c1-16-22-20(24-17-7-3-4-8-17)15-21(23-16)25-18-9-11-19(12-10-18)26-13-5-2-6-14-26/h9-12,15,17H,2-8,13-14H2,1H3,(H2,22,23,24,25). The molecule has 2 aliphatic rings. The van der Waals surface area contributed by atoms with Gasteiger partial charge in [0.05, 0.1) is 0 Å². The highest BCUT2D eigenvalue weighted by Crippen LogP contribution is 2.25. The quantitative estimate of drug-likeness (QED) is 0.804. The second-order valence-electron chi connectivity index (χ2n) is 7.53. The fraction of sp³-hybridized carbons (Fsp3) is 0.524. The summed E-state index contributed by atoms with van der Waals surface area (Å²) in [6.07, 6.45) is 9.08. The minimum atomic E-state index is 0.556. The third-order valence-electron chi connectivity index (χ3n) is 5.41. The third kappa shape index (κ3) is 4.26. The summed E-state index contributed by atoms with van der Waals surface area (Å²) in [5.41, 5.74) is 2.38. The molecule has 2 N–H and O–H groups in total. The van der Waals surface area contributed by atoms with Gasteiger partial charge in [0.25, 0.3) is 0 Å². The van der Waals surface area contributed by atoms with E-state index in [1.165, 1.54) is 63.7 Å². The van der Waals surface area contributed by atoms with Gasteiger partial charge in [0.15, 0.2) is 0 Å². The topological polar surface area (TPSA) is 53.1 Å². The van der Waals surface area contributed by atoms with Crippen LogP contribution in [0.5, 0.6) is 0 Å². The molecule has 138 valence electrons. The number of aromatic nitrogens is 2. The summed E-state index contributed by atoms with van der Waals surface area (Å²) >= 11 is 0. The summed E-state index contributed by atoms with van der Waals surface area (Å²) in [4.78, 5) is 11.6. The number of anilines is 4. The third-order valence-corrected chi connectivity index (χ3v) is 5.41. The van der Waals surface area contributed by atoms with Gasteiger partial charge in [0.1, 0.15) is 17.5 Å². The molecule has 5 nitrogen and oxygen atoms in total. The van der Waals surface area contributed by atoms with Crippen LogP contribution >= 0.6 is 0 Å². The second-order valence-corrected chi connectivity index (χ2v) is 7.53. The lowest BCUT2D eigenvalue weighted by molar-refractivity contribution is 0.578. The maximum atomic E-state index is 4.55. The van der Waals surface area contributed by atoms with E-state index in [1.807, 2.05) is 13.0 Å². The summed E-state index contributed by atoms with van der Waals surface area (Å²) in [7, 11) is 0. The Kier molecular flexibility index (Phi) is 5.23. The molecule has 1 saturated heterocycles. The van der Waals surface area contributed by atoms with E-state index in [-0.39, 0.29) is 0 Å². The van der Waals surface area contributed by atoms with Crippen molar-refractivity contribution in [2.75, 3.05) is 28.6 Å². The zero-order valence-corrected chi connectivity index (χ0v) is 15.7. The fourth-order valence-corrected chi connectivity index (χ4v) is 4.04. The summed E-state index contributed by atoms with van der Waals surface area (Å²) in [6.45, 7) is 4.30. The van der Waals surface area contributed by atoms with Crippen molar-refractivity contribution in [2.45, 2.75) is 57.9 Å². The van der Waals surface area contributed by atoms with Crippen LogP contribution in [0.3, 0.4) is 0 Å². The van der Waals surface area contributed by atoms with Crippen molar-refractivity contribution in [3.63, 3.8) is 0 Å². The van der Waals surface area contributed by atoms with Crippen molar-refractivity contribution in [3.8, 4) is 0 Å². The molecule has 0 spiro atoms. The van der Waals surface area contributed by atoms with E-state index in [0.29, 0.717) is 6.04 Å². The van der Waals surface area contributed by atoms with Gasteiger partial charge in [-0.2, -0.15) is 0 Å². The molecule has 1 aromatic carbocycles. The summed E-state index contributed by atoms with van der Waals surface area (Å²) in [6, 6.07) is 11.3. The van der Waals surface area contributed by atoms with Crippen molar-refractivity contribution < 1.29 is 0 Å². The van der Waals surface area contributed by atoms with Crippen molar-refractivity contribution >= 4 is 23.0 Å². The smallest absolute Gasteiger partial charge is 0.136 e. The SMILES string of the molecule is Cc1nc(Nc2ccc(N3CCCCC3)cc2)cc(NC2CCCC2)n1. The molecule has 0 unspecified atom stereocenters. The number of hydrogen-bond acceptors (Lipinski definition) is 5. The Labute approximate surface area is 156 Å². The average molecular weight is 351 g/mol. The number of nitrogens with zero attached hydrogens (tertiary/aromatic N) is 3. The molecule has 2 aromatic rings. The fourth-order valence-electron chi connectivity index (χ4n) is 4.04. The van der Waals surface area contributed by atoms with E-state index in [9.17, 15) is 0 Å². The normalized spacial score (nSPS) is 18.1. The molecule has 1 saturated carbocycles. The lowest BCUT2D eigenvalue weighted by atomic mass is 10.1. The number of benzene rings is 1. The average Bonchev–Trinajstić information content (AvgIpc) is 3.15. The van der Waals surface area contributed by atoms with Crippen LogP contribution in [0.15, 0.2) is 30.3 Å². The van der Waals surface area contributed by atoms with Gasteiger partial charge < -0.3 is 15.5 Å². The minimum Gasteiger partial charge on any atom is -0.372 e. The van der Waals surface area contributed by atoms with Crippen LogP contribution in [0.1, 0.15) is 50.8 Å². The molecule has 1 aromatic heterocycles. The number of piperidine rings is 1. The Bertz CT molecular complexity index is 716. The molecule has 1 aliphatic heterocycles. The highest BCUT2D eigenvalue weighted by molar-refractivity contribution is 5.62. The number of aryl methyl sites for hydroxylation is 1. The zero-order chi connectivity index (χ0) is 17.8. The lowest BCUT2D eigenvalue weighted by Gasteiger charge is -2.28. The van der Waals surface area contributed by atoms with Crippen LogP contribution in [-0.2, 0) is 0 Å². The highest BCUT2D eigenvalue weighted by atomic mass is 15.1. The Balaban J connectivity index is 1.43. The minimum absolute atomic E-state index is 0.556. The van der Waals surface area contributed by atoms with Gasteiger partial charge in [0, 0.05) is 36.6 Å². The first-order valence-electron chi connectivity index (χ1n) is 10.0. The first kappa shape index (κ1) is 17.1. The molecular formula is C21H29N5. The maximum Gasteiger partial charge on any atom is 0.136 e. The second kappa shape index (κ2) is 7.94. The van der Waals surface area contributed by atoms with E-state index >= 15 is 0 Å². The summed E-state index contributed by atoms with van der Waals surface area (Å²) in [5.74, 6) is 2.57. The van der Waals surface area contributed by atoms with Crippen molar-refractivity contribution in [3.05, 3.63) is 36.2 Å². The van der Waals surface area contributed by atoms with Gasteiger partial charge in [-0.25, -0.2) is 9.97 Å². The van der Waals surface area contributed by atoms with Crippen LogP contribution < -0.4 is 15.5 Å². The molecule has 2 fully saturated rings. The van der Waals surface area contributed by atoms with E-state index < -0.39 is 0 Å². The molecule has 4 rings (SSSR count). The van der Waals surface area contributed by atoms with Gasteiger partial charge in [0.2, 0.25) is 0 Å². The first-order chi connectivity index (χ1) is 12.8. The molecular weight excluding hydrogens is 322 g/mol. The maximum absolute atomic E-state index is 4.55. The Morgan fingerprint density at radius 1 is 0.885 bits per heavy atom. The number of rotatable bonds is 5. The molecule has 1 aliphatic carbocycles. The van der Waals surface area contributed by atoms with Gasteiger partial charge in [-0.3, -0.25) is 0 Å². The molecule has 0 bridgehead atoms. The Morgan fingerprint density at radius 3 is 2.31 bits per heavy atom.